The van der Waals surface area contributed by atoms with Crippen LogP contribution in [0.3, 0.4) is 0 Å². The average Bonchev–Trinajstić information content (AvgIpc) is 2.67. The number of alkyl halides is 3. The number of nitrogens with one attached hydrogen (secondary N) is 1. The van der Waals surface area contributed by atoms with E-state index in [0.717, 1.165) is 10.2 Å². The minimum atomic E-state index is -4.29. The third-order valence-corrected chi connectivity index (χ3v) is 3.11. The molecule has 2 heterocycles. The number of hydrogen-bond acceptors (Lipinski definition) is 3. The summed E-state index contributed by atoms with van der Waals surface area (Å²) in [6.45, 7) is 1.74. The smallest absolute Gasteiger partial charge is 0.396 e. The van der Waals surface area contributed by atoms with E-state index in [1.807, 2.05) is 0 Å². The molecule has 4 nitrogen and oxygen atoms in total. The molecule has 0 aliphatic carbocycles. The summed E-state index contributed by atoms with van der Waals surface area (Å²) in [5, 5.41) is 15.7. The number of rotatable bonds is 3. The first-order valence-corrected chi connectivity index (χ1v) is 5.94. The van der Waals surface area contributed by atoms with E-state index in [2.05, 4.69) is 10.4 Å². The van der Waals surface area contributed by atoms with Crippen LogP contribution in [0.15, 0.2) is 6.20 Å². The molecule has 0 spiro atoms. The Morgan fingerprint density at radius 1 is 1.56 bits per heavy atom. The van der Waals surface area contributed by atoms with Crippen molar-refractivity contribution < 1.29 is 18.3 Å². The SMILES string of the molecule is CC1CC(C(F)(F)F)n2ncc(CCCO)c2N1. The number of hydrogen-bond donors (Lipinski definition) is 2. The quantitative estimate of drug-likeness (QED) is 0.878. The molecule has 7 heteroatoms. The standard InChI is InChI=1S/C11H16F3N3O/c1-7-5-9(11(12,13)14)17-10(16-7)8(6-15-17)3-2-4-18/h6-7,9,16,18H,2-5H2,1H3. The maximum atomic E-state index is 12.9. The van der Waals surface area contributed by atoms with Crippen molar-refractivity contribution in [3.05, 3.63) is 11.8 Å². The van der Waals surface area contributed by atoms with Gasteiger partial charge < -0.3 is 10.4 Å². The van der Waals surface area contributed by atoms with Crippen LogP contribution in [-0.2, 0) is 6.42 Å². The fraction of sp³-hybridized carbons (Fsp3) is 0.727. The lowest BCUT2D eigenvalue weighted by molar-refractivity contribution is -0.173. The maximum Gasteiger partial charge on any atom is 0.410 e. The number of nitrogens with zero attached hydrogens (tertiary/aromatic N) is 2. The van der Waals surface area contributed by atoms with Gasteiger partial charge in [0.2, 0.25) is 0 Å². The van der Waals surface area contributed by atoms with Gasteiger partial charge in [-0.1, -0.05) is 0 Å². The van der Waals surface area contributed by atoms with E-state index in [4.69, 9.17) is 5.11 Å². The van der Waals surface area contributed by atoms with Crippen molar-refractivity contribution in [2.24, 2.45) is 0 Å². The molecule has 0 saturated carbocycles. The van der Waals surface area contributed by atoms with Gasteiger partial charge in [0.15, 0.2) is 6.04 Å². The molecule has 2 rings (SSSR count). The molecular formula is C11H16F3N3O. The highest BCUT2D eigenvalue weighted by molar-refractivity contribution is 5.47. The Morgan fingerprint density at radius 2 is 2.28 bits per heavy atom. The van der Waals surface area contributed by atoms with Gasteiger partial charge in [-0.05, 0) is 26.2 Å². The Morgan fingerprint density at radius 3 is 2.89 bits per heavy atom. The lowest BCUT2D eigenvalue weighted by atomic mass is 10.0. The molecule has 2 N–H and O–H groups in total. The molecule has 0 saturated heterocycles. The lowest BCUT2D eigenvalue weighted by Gasteiger charge is -2.32. The number of aliphatic hydroxyl groups is 1. The highest BCUT2D eigenvalue weighted by Gasteiger charge is 2.45. The van der Waals surface area contributed by atoms with Crippen molar-refractivity contribution in [2.75, 3.05) is 11.9 Å². The van der Waals surface area contributed by atoms with Crippen molar-refractivity contribution in [1.82, 2.24) is 9.78 Å². The molecule has 0 radical (unpaired) electrons. The zero-order valence-corrected chi connectivity index (χ0v) is 10.0. The van der Waals surface area contributed by atoms with Gasteiger partial charge in [-0.3, -0.25) is 0 Å². The Balaban J connectivity index is 2.31. The molecule has 18 heavy (non-hydrogen) atoms. The van der Waals surface area contributed by atoms with Crippen LogP contribution in [0.25, 0.3) is 0 Å². The number of aliphatic hydroxyl groups excluding tert-OH is 1. The molecule has 0 bridgehead atoms. The van der Waals surface area contributed by atoms with Crippen LogP contribution in [0.2, 0.25) is 0 Å². The van der Waals surface area contributed by atoms with Gasteiger partial charge >= 0.3 is 6.18 Å². The summed E-state index contributed by atoms with van der Waals surface area (Å²) in [4.78, 5) is 0. The van der Waals surface area contributed by atoms with Gasteiger partial charge in [0.1, 0.15) is 5.82 Å². The van der Waals surface area contributed by atoms with Gasteiger partial charge in [-0.25, -0.2) is 4.68 Å². The van der Waals surface area contributed by atoms with Crippen molar-refractivity contribution in [3.8, 4) is 0 Å². The maximum absolute atomic E-state index is 12.9. The van der Waals surface area contributed by atoms with Crippen molar-refractivity contribution >= 4 is 5.82 Å². The summed E-state index contributed by atoms with van der Waals surface area (Å²) in [7, 11) is 0. The molecule has 2 unspecified atom stereocenters. The van der Waals surface area contributed by atoms with Gasteiger partial charge in [0.05, 0.1) is 6.20 Å². The molecule has 2 atom stereocenters. The summed E-state index contributed by atoms with van der Waals surface area (Å²) in [6, 6.07) is -1.81. The summed E-state index contributed by atoms with van der Waals surface area (Å²) in [6.07, 6.45) is -1.81. The molecule has 1 aromatic rings. The number of fused-ring (bicyclic) bond motifs is 1. The minimum absolute atomic E-state index is 0.0163. The predicted octanol–water partition coefficient (Wildman–Crippen LogP) is 2.12. The molecule has 0 amide bonds. The van der Waals surface area contributed by atoms with Crippen LogP contribution in [0.5, 0.6) is 0 Å². The monoisotopic (exact) mass is 263 g/mol. The summed E-state index contributed by atoms with van der Waals surface area (Å²) < 4.78 is 39.8. The number of aromatic nitrogens is 2. The van der Waals surface area contributed by atoms with Crippen molar-refractivity contribution in [3.63, 3.8) is 0 Å². The van der Waals surface area contributed by atoms with E-state index in [1.165, 1.54) is 6.20 Å². The van der Waals surface area contributed by atoms with E-state index < -0.39 is 12.2 Å². The van der Waals surface area contributed by atoms with Crippen LogP contribution in [0.4, 0.5) is 19.0 Å². The highest BCUT2D eigenvalue weighted by atomic mass is 19.4. The lowest BCUT2D eigenvalue weighted by Crippen LogP contribution is -2.38. The zero-order valence-electron chi connectivity index (χ0n) is 10.0. The fourth-order valence-electron chi connectivity index (χ4n) is 2.24. The Hall–Kier alpha value is -1.24. The van der Waals surface area contributed by atoms with Gasteiger partial charge in [-0.2, -0.15) is 18.3 Å². The topological polar surface area (TPSA) is 50.1 Å². The first-order chi connectivity index (χ1) is 8.43. The van der Waals surface area contributed by atoms with Crippen LogP contribution in [0, 0.1) is 0 Å². The molecule has 0 fully saturated rings. The third-order valence-electron chi connectivity index (χ3n) is 3.11. The second kappa shape index (κ2) is 4.79. The molecular weight excluding hydrogens is 247 g/mol. The highest BCUT2D eigenvalue weighted by Crippen LogP contribution is 2.40. The van der Waals surface area contributed by atoms with Crippen LogP contribution >= 0.6 is 0 Å². The van der Waals surface area contributed by atoms with Crippen LogP contribution in [0.1, 0.15) is 31.4 Å². The average molecular weight is 263 g/mol. The molecule has 102 valence electrons. The molecule has 1 aliphatic rings. The van der Waals surface area contributed by atoms with E-state index >= 15 is 0 Å². The van der Waals surface area contributed by atoms with E-state index in [1.54, 1.807) is 6.92 Å². The zero-order chi connectivity index (χ0) is 13.3. The number of aryl methyl sites for hydroxylation is 1. The van der Waals surface area contributed by atoms with Crippen LogP contribution < -0.4 is 5.32 Å². The second-order valence-corrected chi connectivity index (χ2v) is 4.63. The fourth-order valence-corrected chi connectivity index (χ4v) is 2.24. The van der Waals surface area contributed by atoms with Crippen molar-refractivity contribution in [2.45, 2.75) is 44.4 Å². The molecule has 1 aliphatic heterocycles. The summed E-state index contributed by atoms with van der Waals surface area (Å²) in [5.41, 5.74) is 0.727. The third kappa shape index (κ3) is 2.45. The van der Waals surface area contributed by atoms with Crippen LogP contribution in [-0.4, -0.2) is 33.7 Å². The minimum Gasteiger partial charge on any atom is -0.396 e. The van der Waals surface area contributed by atoms with Gasteiger partial charge in [0, 0.05) is 18.2 Å². The van der Waals surface area contributed by atoms with Gasteiger partial charge in [-0.15, -0.1) is 0 Å². The summed E-state index contributed by atoms with van der Waals surface area (Å²) >= 11 is 0. The van der Waals surface area contributed by atoms with Gasteiger partial charge in [0.25, 0.3) is 0 Å². The second-order valence-electron chi connectivity index (χ2n) is 4.63. The Labute approximate surface area is 103 Å². The van der Waals surface area contributed by atoms with E-state index in [0.29, 0.717) is 18.7 Å². The van der Waals surface area contributed by atoms with E-state index in [-0.39, 0.29) is 19.1 Å². The Bertz CT molecular complexity index is 416. The first-order valence-electron chi connectivity index (χ1n) is 5.94. The summed E-state index contributed by atoms with van der Waals surface area (Å²) in [5.74, 6) is 0.435. The number of anilines is 1. The Kier molecular flexibility index (Phi) is 3.52. The normalized spacial score (nSPS) is 23.6. The van der Waals surface area contributed by atoms with E-state index in [9.17, 15) is 13.2 Å². The number of halogens is 3. The first kappa shape index (κ1) is 13.2. The predicted molar refractivity (Wildman–Crippen MR) is 60.4 cm³/mol. The molecule has 1 aromatic heterocycles. The largest absolute Gasteiger partial charge is 0.410 e. The molecule has 0 aromatic carbocycles. The van der Waals surface area contributed by atoms with Crippen molar-refractivity contribution in [1.29, 1.82) is 0 Å².